The fraction of sp³-hybridized carbons (Fsp3) is 0.438. The van der Waals surface area contributed by atoms with Gasteiger partial charge in [-0.2, -0.15) is 0 Å². The number of rotatable bonds is 3. The van der Waals surface area contributed by atoms with Crippen molar-refractivity contribution in [3.63, 3.8) is 0 Å². The van der Waals surface area contributed by atoms with E-state index in [1.54, 1.807) is 17.5 Å². The van der Waals surface area contributed by atoms with Crippen LogP contribution in [0.5, 0.6) is 0 Å². The Kier molecular flexibility index (Phi) is 4.47. The molecule has 0 saturated carbocycles. The highest BCUT2D eigenvalue weighted by Gasteiger charge is 2.23. The Morgan fingerprint density at radius 3 is 2.48 bits per heavy atom. The average Bonchev–Trinajstić information content (AvgIpc) is 3.01. The predicted molar refractivity (Wildman–Crippen MR) is 93.5 cm³/mol. The highest BCUT2D eigenvalue weighted by atomic mass is 32.1. The summed E-state index contributed by atoms with van der Waals surface area (Å²) in [6, 6.07) is 3.73. The molecule has 3 rings (SSSR count). The summed E-state index contributed by atoms with van der Waals surface area (Å²) in [4.78, 5) is 27.5. The summed E-state index contributed by atoms with van der Waals surface area (Å²) in [6.07, 6.45) is 1.66. The molecule has 6 nitrogen and oxygen atoms in total. The molecule has 1 fully saturated rings. The van der Waals surface area contributed by atoms with Gasteiger partial charge in [0.2, 0.25) is 0 Å². The highest BCUT2D eigenvalue weighted by Crippen LogP contribution is 2.22. The van der Waals surface area contributed by atoms with Crippen molar-refractivity contribution in [3.05, 3.63) is 35.0 Å². The second-order valence-electron chi connectivity index (χ2n) is 5.85. The number of aromatic nitrogens is 2. The Morgan fingerprint density at radius 1 is 1.22 bits per heavy atom. The minimum atomic E-state index is 0.0535. The van der Waals surface area contributed by atoms with Crippen molar-refractivity contribution in [2.45, 2.75) is 6.92 Å². The lowest BCUT2D eigenvalue weighted by Gasteiger charge is -2.34. The lowest BCUT2D eigenvalue weighted by Crippen LogP contribution is -2.48. The van der Waals surface area contributed by atoms with Gasteiger partial charge in [-0.1, -0.05) is 0 Å². The Balaban J connectivity index is 1.61. The van der Waals surface area contributed by atoms with Crippen LogP contribution in [0.2, 0.25) is 0 Å². The molecule has 0 N–H and O–H groups in total. The maximum Gasteiger partial charge on any atom is 0.255 e. The molecule has 0 spiro atoms. The fourth-order valence-corrected chi connectivity index (χ4v) is 3.40. The van der Waals surface area contributed by atoms with Gasteiger partial charge in [0.15, 0.2) is 5.13 Å². The van der Waals surface area contributed by atoms with Gasteiger partial charge in [0.25, 0.3) is 5.91 Å². The van der Waals surface area contributed by atoms with Gasteiger partial charge in [0.1, 0.15) is 5.82 Å². The molecular weight excluding hydrogens is 310 g/mol. The second kappa shape index (κ2) is 6.54. The van der Waals surface area contributed by atoms with Crippen molar-refractivity contribution in [2.75, 3.05) is 50.1 Å². The number of hydrogen-bond donors (Lipinski definition) is 0. The Labute approximate surface area is 140 Å². The van der Waals surface area contributed by atoms with Crippen molar-refractivity contribution in [1.82, 2.24) is 14.9 Å². The van der Waals surface area contributed by atoms with Crippen LogP contribution in [0, 0.1) is 6.92 Å². The molecule has 3 heterocycles. The van der Waals surface area contributed by atoms with E-state index in [0.717, 1.165) is 29.7 Å². The molecule has 7 heteroatoms. The molecule has 0 radical (unpaired) electrons. The molecule has 0 aromatic carbocycles. The van der Waals surface area contributed by atoms with E-state index in [1.165, 1.54) is 0 Å². The van der Waals surface area contributed by atoms with Gasteiger partial charge in [-0.15, -0.1) is 11.3 Å². The van der Waals surface area contributed by atoms with Crippen LogP contribution in [0.25, 0.3) is 0 Å². The van der Waals surface area contributed by atoms with Crippen LogP contribution in [0.1, 0.15) is 16.1 Å². The van der Waals surface area contributed by atoms with E-state index in [9.17, 15) is 4.79 Å². The van der Waals surface area contributed by atoms with E-state index in [2.05, 4.69) is 20.2 Å². The zero-order chi connectivity index (χ0) is 16.4. The topological polar surface area (TPSA) is 52.6 Å². The number of nitrogens with zero attached hydrogens (tertiary/aromatic N) is 5. The molecule has 0 bridgehead atoms. The van der Waals surface area contributed by atoms with Gasteiger partial charge in [-0.05, 0) is 19.1 Å². The molecule has 1 amide bonds. The molecule has 122 valence electrons. The molecule has 0 unspecified atom stereocenters. The third kappa shape index (κ3) is 3.44. The number of aryl methyl sites for hydroxylation is 1. The molecule has 1 aliphatic rings. The van der Waals surface area contributed by atoms with Crippen LogP contribution in [0.15, 0.2) is 23.7 Å². The third-order valence-electron chi connectivity index (χ3n) is 3.90. The molecule has 23 heavy (non-hydrogen) atoms. The quantitative estimate of drug-likeness (QED) is 0.859. The van der Waals surface area contributed by atoms with E-state index >= 15 is 0 Å². The van der Waals surface area contributed by atoms with Crippen molar-refractivity contribution < 1.29 is 4.79 Å². The molecule has 0 atom stereocenters. The lowest BCUT2D eigenvalue weighted by atomic mass is 10.2. The number of carbonyl (C=O) groups excluding carboxylic acids is 1. The minimum Gasteiger partial charge on any atom is -0.363 e. The number of anilines is 2. The van der Waals surface area contributed by atoms with Crippen molar-refractivity contribution in [2.24, 2.45) is 0 Å². The first-order valence-electron chi connectivity index (χ1n) is 7.64. The SMILES string of the molecule is Cc1csc(N2CCN(C(=O)c3ccc(N(C)C)nc3)CC2)n1. The maximum absolute atomic E-state index is 12.6. The predicted octanol–water partition coefficient (Wildman–Crippen LogP) is 1.87. The largest absolute Gasteiger partial charge is 0.363 e. The zero-order valence-electron chi connectivity index (χ0n) is 13.7. The number of carbonyl (C=O) groups is 1. The zero-order valence-corrected chi connectivity index (χ0v) is 14.5. The number of pyridine rings is 1. The van der Waals surface area contributed by atoms with Gasteiger partial charge in [-0.3, -0.25) is 4.79 Å². The van der Waals surface area contributed by atoms with E-state index in [0.29, 0.717) is 18.7 Å². The van der Waals surface area contributed by atoms with Crippen LogP contribution in [-0.4, -0.2) is 61.0 Å². The molecule has 0 aliphatic carbocycles. The van der Waals surface area contributed by atoms with Gasteiger partial charge < -0.3 is 14.7 Å². The smallest absolute Gasteiger partial charge is 0.255 e. The van der Waals surface area contributed by atoms with Gasteiger partial charge >= 0.3 is 0 Å². The lowest BCUT2D eigenvalue weighted by molar-refractivity contribution is 0.0746. The summed E-state index contributed by atoms with van der Waals surface area (Å²) in [6.45, 7) is 5.08. The first-order valence-corrected chi connectivity index (χ1v) is 8.52. The van der Waals surface area contributed by atoms with E-state index < -0.39 is 0 Å². The van der Waals surface area contributed by atoms with Crippen LogP contribution in [0.3, 0.4) is 0 Å². The normalized spacial score (nSPS) is 14.9. The van der Waals surface area contributed by atoms with E-state index in [1.807, 2.05) is 43.0 Å². The number of thiazole rings is 1. The molecule has 2 aromatic heterocycles. The van der Waals surface area contributed by atoms with Crippen molar-refractivity contribution in [3.8, 4) is 0 Å². The maximum atomic E-state index is 12.6. The van der Waals surface area contributed by atoms with Crippen LogP contribution >= 0.6 is 11.3 Å². The van der Waals surface area contributed by atoms with Gasteiger partial charge in [0, 0.05) is 51.9 Å². The second-order valence-corrected chi connectivity index (χ2v) is 6.69. The first kappa shape index (κ1) is 15.7. The number of amides is 1. The number of hydrogen-bond acceptors (Lipinski definition) is 6. The van der Waals surface area contributed by atoms with Crippen LogP contribution < -0.4 is 9.80 Å². The van der Waals surface area contributed by atoms with E-state index in [4.69, 9.17) is 0 Å². The molecule has 1 aliphatic heterocycles. The Hall–Kier alpha value is -2.15. The monoisotopic (exact) mass is 331 g/mol. The van der Waals surface area contributed by atoms with Crippen LogP contribution in [-0.2, 0) is 0 Å². The van der Waals surface area contributed by atoms with Gasteiger partial charge in [-0.25, -0.2) is 9.97 Å². The summed E-state index contributed by atoms with van der Waals surface area (Å²) < 4.78 is 0. The summed E-state index contributed by atoms with van der Waals surface area (Å²) in [5.41, 5.74) is 1.70. The number of piperazine rings is 1. The molecule has 2 aromatic rings. The highest BCUT2D eigenvalue weighted by molar-refractivity contribution is 7.13. The van der Waals surface area contributed by atoms with Crippen molar-refractivity contribution >= 4 is 28.2 Å². The fourth-order valence-electron chi connectivity index (χ4n) is 2.55. The standard InChI is InChI=1S/C16H21N5OS/c1-12-11-23-16(18-12)21-8-6-20(7-9-21)15(22)13-4-5-14(17-10-13)19(2)3/h4-5,10-11H,6-9H2,1-3H3. The summed E-state index contributed by atoms with van der Waals surface area (Å²) in [5, 5.41) is 3.11. The summed E-state index contributed by atoms with van der Waals surface area (Å²) in [5.74, 6) is 0.906. The average molecular weight is 331 g/mol. The van der Waals surface area contributed by atoms with Crippen LogP contribution in [0.4, 0.5) is 10.9 Å². The van der Waals surface area contributed by atoms with Crippen molar-refractivity contribution in [1.29, 1.82) is 0 Å². The molecule has 1 saturated heterocycles. The first-order chi connectivity index (χ1) is 11.0. The molecular formula is C16H21N5OS. The van der Waals surface area contributed by atoms with E-state index in [-0.39, 0.29) is 5.91 Å². The third-order valence-corrected chi connectivity index (χ3v) is 4.92. The Bertz CT molecular complexity index is 674. The minimum absolute atomic E-state index is 0.0535. The Morgan fingerprint density at radius 2 is 1.96 bits per heavy atom. The summed E-state index contributed by atoms with van der Waals surface area (Å²) in [7, 11) is 3.87. The van der Waals surface area contributed by atoms with Gasteiger partial charge in [0.05, 0.1) is 11.3 Å². The summed E-state index contributed by atoms with van der Waals surface area (Å²) >= 11 is 1.66.